The van der Waals surface area contributed by atoms with E-state index in [1.807, 2.05) is 37.3 Å². The zero-order chi connectivity index (χ0) is 25.8. The molecule has 0 radical (unpaired) electrons. The summed E-state index contributed by atoms with van der Waals surface area (Å²) in [5.41, 5.74) is 13.9. The zero-order valence-electron chi connectivity index (χ0n) is 21.4. The van der Waals surface area contributed by atoms with E-state index in [-0.39, 0.29) is 12.3 Å². The summed E-state index contributed by atoms with van der Waals surface area (Å²) in [4.78, 5) is 14.3. The van der Waals surface area contributed by atoms with Crippen LogP contribution in [0.2, 0.25) is 0 Å². The molecule has 0 bridgehead atoms. The number of carboxylic acids is 1. The van der Waals surface area contributed by atoms with Crippen LogP contribution in [0.5, 0.6) is 11.5 Å². The average molecular weight is 490 g/mol. The van der Waals surface area contributed by atoms with Crippen LogP contribution in [-0.2, 0) is 17.9 Å². The number of fused-ring (bicyclic) bond motifs is 1. The van der Waals surface area contributed by atoms with Gasteiger partial charge < -0.3 is 25.6 Å². The highest BCUT2D eigenvalue weighted by Crippen LogP contribution is 2.41. The minimum Gasteiger partial charge on any atom is -0.494 e. The summed E-state index contributed by atoms with van der Waals surface area (Å²) in [6.45, 7) is 7.03. The van der Waals surface area contributed by atoms with Crippen molar-refractivity contribution in [3.63, 3.8) is 0 Å². The normalized spacial score (nSPS) is 14.3. The van der Waals surface area contributed by atoms with E-state index < -0.39 is 5.97 Å². The standard InChI is InChI=1S/C29H35N3O4/c1-18-9-10-20(13-22(18)17-32-11-12-36-25-8-6-5-7-21(25)16-32)24(15-27(33)34)23-14-26(35-4)29(31-3)28(30)19(23)2/h5-10,13-14,24,31H,11-12,15-17,30H2,1-4H3,(H,33,34). The summed E-state index contributed by atoms with van der Waals surface area (Å²) < 4.78 is 11.5. The lowest BCUT2D eigenvalue weighted by atomic mass is 9.83. The molecule has 0 aromatic heterocycles. The highest BCUT2D eigenvalue weighted by atomic mass is 16.5. The first-order chi connectivity index (χ1) is 17.3. The van der Waals surface area contributed by atoms with Crippen LogP contribution < -0.4 is 20.5 Å². The predicted octanol–water partition coefficient (Wildman–Crippen LogP) is 4.94. The van der Waals surface area contributed by atoms with Crippen LogP contribution in [0.3, 0.4) is 0 Å². The van der Waals surface area contributed by atoms with Gasteiger partial charge in [0, 0.05) is 38.2 Å². The quantitative estimate of drug-likeness (QED) is 0.386. The highest BCUT2D eigenvalue weighted by molar-refractivity contribution is 5.79. The fourth-order valence-corrected chi connectivity index (χ4v) is 4.99. The Bertz CT molecular complexity index is 1260. The number of ether oxygens (including phenoxy) is 2. The first-order valence-electron chi connectivity index (χ1n) is 12.2. The van der Waals surface area contributed by atoms with Gasteiger partial charge in [-0.2, -0.15) is 0 Å². The van der Waals surface area contributed by atoms with E-state index in [0.717, 1.165) is 42.1 Å². The van der Waals surface area contributed by atoms with Crippen LogP contribution in [0.25, 0.3) is 0 Å². The lowest BCUT2D eigenvalue weighted by Gasteiger charge is -2.25. The zero-order valence-corrected chi connectivity index (χ0v) is 21.4. The number of methoxy groups -OCH3 is 1. The second-order valence-corrected chi connectivity index (χ2v) is 9.33. The largest absolute Gasteiger partial charge is 0.494 e. The van der Waals surface area contributed by atoms with Crippen LogP contribution in [-0.4, -0.2) is 43.3 Å². The van der Waals surface area contributed by atoms with E-state index in [4.69, 9.17) is 15.2 Å². The molecule has 1 aliphatic rings. The van der Waals surface area contributed by atoms with Gasteiger partial charge in [-0.1, -0.05) is 36.4 Å². The Morgan fingerprint density at radius 1 is 1.22 bits per heavy atom. The molecule has 0 amide bonds. The molecule has 0 saturated heterocycles. The summed E-state index contributed by atoms with van der Waals surface area (Å²) in [7, 11) is 3.38. The summed E-state index contributed by atoms with van der Waals surface area (Å²) in [5, 5.41) is 12.9. The van der Waals surface area contributed by atoms with Gasteiger partial charge in [-0.05, 0) is 53.8 Å². The second-order valence-electron chi connectivity index (χ2n) is 9.33. The van der Waals surface area contributed by atoms with Crippen LogP contribution in [0, 0.1) is 13.8 Å². The first-order valence-corrected chi connectivity index (χ1v) is 12.2. The van der Waals surface area contributed by atoms with Gasteiger partial charge in [0.2, 0.25) is 0 Å². The minimum atomic E-state index is -0.863. The molecule has 1 aliphatic heterocycles. The van der Waals surface area contributed by atoms with E-state index in [2.05, 4.69) is 35.3 Å². The van der Waals surface area contributed by atoms with Crippen LogP contribution in [0.15, 0.2) is 48.5 Å². The molecule has 190 valence electrons. The van der Waals surface area contributed by atoms with Crippen LogP contribution in [0.1, 0.15) is 45.7 Å². The third-order valence-corrected chi connectivity index (χ3v) is 7.06. The Kier molecular flexibility index (Phi) is 7.70. The SMILES string of the molecule is CNc1c(OC)cc(C(CC(=O)O)c2ccc(C)c(CN3CCOc4ccccc4C3)c2)c(C)c1N. The number of aryl methyl sites for hydroxylation is 1. The number of benzene rings is 3. The van der Waals surface area contributed by atoms with Gasteiger partial charge in [0.1, 0.15) is 23.8 Å². The molecule has 7 heteroatoms. The maximum Gasteiger partial charge on any atom is 0.304 e. The molecule has 4 rings (SSSR count). The third kappa shape index (κ3) is 5.26. The fraction of sp³-hybridized carbons (Fsp3) is 0.345. The first kappa shape index (κ1) is 25.4. The number of hydrogen-bond acceptors (Lipinski definition) is 6. The van der Waals surface area contributed by atoms with Gasteiger partial charge in [0.05, 0.1) is 19.2 Å². The Labute approximate surface area is 212 Å². The smallest absolute Gasteiger partial charge is 0.304 e. The summed E-state index contributed by atoms with van der Waals surface area (Å²) >= 11 is 0. The van der Waals surface area contributed by atoms with Crippen molar-refractivity contribution < 1.29 is 19.4 Å². The van der Waals surface area contributed by atoms with Crippen molar-refractivity contribution >= 4 is 17.3 Å². The Hall–Kier alpha value is -3.71. The predicted molar refractivity (Wildman–Crippen MR) is 143 cm³/mol. The molecule has 3 aromatic rings. The van der Waals surface area contributed by atoms with E-state index >= 15 is 0 Å². The van der Waals surface area contributed by atoms with Crippen molar-refractivity contribution in [1.29, 1.82) is 0 Å². The van der Waals surface area contributed by atoms with Crippen molar-refractivity contribution in [3.8, 4) is 11.5 Å². The molecule has 0 aliphatic carbocycles. The van der Waals surface area contributed by atoms with E-state index in [1.165, 1.54) is 16.7 Å². The number of carboxylic acid groups (broad SMARTS) is 1. The van der Waals surface area contributed by atoms with Crippen molar-refractivity contribution in [2.75, 3.05) is 38.4 Å². The molecule has 0 spiro atoms. The van der Waals surface area contributed by atoms with E-state index in [0.29, 0.717) is 23.7 Å². The molecular formula is C29H35N3O4. The Balaban J connectivity index is 1.71. The maximum absolute atomic E-state index is 12.0. The van der Waals surface area contributed by atoms with Crippen LogP contribution in [0.4, 0.5) is 11.4 Å². The highest BCUT2D eigenvalue weighted by Gasteiger charge is 2.25. The van der Waals surface area contributed by atoms with E-state index in [1.54, 1.807) is 14.2 Å². The molecule has 0 saturated carbocycles. The molecule has 3 aromatic carbocycles. The molecular weight excluding hydrogens is 454 g/mol. The van der Waals surface area contributed by atoms with E-state index in [9.17, 15) is 9.90 Å². The lowest BCUT2D eigenvalue weighted by molar-refractivity contribution is -0.137. The number of para-hydroxylation sites is 1. The summed E-state index contributed by atoms with van der Waals surface area (Å²) in [6.07, 6.45) is -0.0459. The number of nitrogens with two attached hydrogens (primary N) is 1. The van der Waals surface area contributed by atoms with Gasteiger partial charge in [-0.15, -0.1) is 0 Å². The topological polar surface area (TPSA) is 97.0 Å². The van der Waals surface area contributed by atoms with Crippen molar-refractivity contribution in [3.05, 3.63) is 81.9 Å². The van der Waals surface area contributed by atoms with Crippen LogP contribution >= 0.6 is 0 Å². The Morgan fingerprint density at radius 3 is 2.72 bits per heavy atom. The number of carbonyl (C=O) groups is 1. The minimum absolute atomic E-state index is 0.0459. The Morgan fingerprint density at radius 2 is 2.00 bits per heavy atom. The number of nitrogens with one attached hydrogen (secondary N) is 1. The number of nitrogens with zero attached hydrogens (tertiary/aromatic N) is 1. The van der Waals surface area contributed by atoms with Gasteiger partial charge in [-0.25, -0.2) is 0 Å². The molecule has 0 fully saturated rings. The number of rotatable bonds is 8. The number of anilines is 2. The number of nitrogen functional groups attached to an aromatic ring is 1. The van der Waals surface area contributed by atoms with Gasteiger partial charge >= 0.3 is 5.97 Å². The molecule has 1 atom stereocenters. The van der Waals surface area contributed by atoms with Crippen molar-refractivity contribution in [2.24, 2.45) is 0 Å². The second kappa shape index (κ2) is 10.9. The molecule has 36 heavy (non-hydrogen) atoms. The monoisotopic (exact) mass is 489 g/mol. The number of hydrogen-bond donors (Lipinski definition) is 3. The summed E-state index contributed by atoms with van der Waals surface area (Å²) in [5.74, 6) is 0.316. The molecule has 1 unspecified atom stereocenters. The van der Waals surface area contributed by atoms with Gasteiger partial charge in [-0.3, -0.25) is 9.69 Å². The average Bonchev–Trinajstić information content (AvgIpc) is 3.07. The van der Waals surface area contributed by atoms with Crippen molar-refractivity contribution in [2.45, 2.75) is 39.3 Å². The van der Waals surface area contributed by atoms with Gasteiger partial charge in [0.25, 0.3) is 0 Å². The molecule has 4 N–H and O–H groups in total. The maximum atomic E-state index is 12.0. The molecule has 7 nitrogen and oxygen atoms in total. The lowest BCUT2D eigenvalue weighted by Crippen LogP contribution is -2.25. The summed E-state index contributed by atoms with van der Waals surface area (Å²) in [6, 6.07) is 16.3. The third-order valence-electron chi connectivity index (χ3n) is 7.06. The number of aliphatic carboxylic acids is 1. The fourth-order valence-electron chi connectivity index (χ4n) is 4.99. The van der Waals surface area contributed by atoms with Crippen molar-refractivity contribution in [1.82, 2.24) is 4.90 Å². The molecule has 1 heterocycles. The van der Waals surface area contributed by atoms with Gasteiger partial charge in [0.15, 0.2) is 0 Å².